The fourth-order valence-electron chi connectivity index (χ4n) is 2.60. The molecule has 0 saturated heterocycles. The van der Waals surface area contributed by atoms with Crippen LogP contribution in [-0.4, -0.2) is 17.4 Å². The summed E-state index contributed by atoms with van der Waals surface area (Å²) >= 11 is 0. The number of carbonyl (C=O) groups excluding carboxylic acids is 1. The van der Waals surface area contributed by atoms with Crippen LogP contribution in [0.1, 0.15) is 12.5 Å². The van der Waals surface area contributed by atoms with E-state index in [2.05, 4.69) is 13.2 Å². The number of anilines is 1. The molecule has 0 radical (unpaired) electrons. The van der Waals surface area contributed by atoms with E-state index in [1.165, 1.54) is 6.07 Å². The number of nitro groups is 1. The van der Waals surface area contributed by atoms with Crippen LogP contribution in [0, 0.1) is 16.0 Å². The highest BCUT2D eigenvalue weighted by Gasteiger charge is 2.31. The summed E-state index contributed by atoms with van der Waals surface area (Å²) < 4.78 is 0. The fourth-order valence-corrected chi connectivity index (χ4v) is 2.60. The number of amides is 1. The standard InChI is InChI=1S/C17H18N2O3/c1-4-6-13(5-2)11-18-16-8-7-15(19(21)22)10-14(16)9-12(3)17(18)20/h4-8,10,12H,1-2,9,11H2,3H3/b13-6+. The Bertz CT molecular complexity index is 676. The number of hydrogen-bond donors (Lipinski definition) is 0. The van der Waals surface area contributed by atoms with Crippen molar-refractivity contribution in [2.24, 2.45) is 5.92 Å². The van der Waals surface area contributed by atoms with Gasteiger partial charge in [-0.25, -0.2) is 0 Å². The molecule has 1 heterocycles. The van der Waals surface area contributed by atoms with Crippen LogP contribution in [0.5, 0.6) is 0 Å². The van der Waals surface area contributed by atoms with Gasteiger partial charge in [-0.15, -0.1) is 0 Å². The second kappa shape index (κ2) is 6.39. The van der Waals surface area contributed by atoms with Gasteiger partial charge in [0.1, 0.15) is 0 Å². The van der Waals surface area contributed by atoms with Crippen molar-refractivity contribution in [3.63, 3.8) is 0 Å². The molecule has 0 bridgehead atoms. The summed E-state index contributed by atoms with van der Waals surface area (Å²) in [5.41, 5.74) is 2.46. The molecule has 1 aromatic rings. The maximum absolute atomic E-state index is 12.5. The van der Waals surface area contributed by atoms with Crippen molar-refractivity contribution in [3.05, 3.63) is 70.8 Å². The number of carbonyl (C=O) groups is 1. The molecule has 0 aromatic heterocycles. The van der Waals surface area contributed by atoms with Gasteiger partial charge in [0.05, 0.1) is 11.5 Å². The van der Waals surface area contributed by atoms with Gasteiger partial charge in [-0.1, -0.05) is 38.3 Å². The Morgan fingerprint density at radius 3 is 2.82 bits per heavy atom. The van der Waals surface area contributed by atoms with E-state index in [9.17, 15) is 14.9 Å². The van der Waals surface area contributed by atoms with E-state index >= 15 is 0 Å². The van der Waals surface area contributed by atoms with Crippen molar-refractivity contribution in [1.29, 1.82) is 0 Å². The average Bonchev–Trinajstić information content (AvgIpc) is 2.50. The topological polar surface area (TPSA) is 63.5 Å². The van der Waals surface area contributed by atoms with Crippen LogP contribution in [-0.2, 0) is 11.2 Å². The Kier molecular flexibility index (Phi) is 4.56. The maximum Gasteiger partial charge on any atom is 0.269 e. The third-order valence-corrected chi connectivity index (χ3v) is 3.71. The van der Waals surface area contributed by atoms with Gasteiger partial charge >= 0.3 is 0 Å². The molecule has 0 fully saturated rings. The van der Waals surface area contributed by atoms with E-state index in [1.807, 2.05) is 6.92 Å². The van der Waals surface area contributed by atoms with Crippen LogP contribution in [0.25, 0.3) is 0 Å². The Balaban J connectivity index is 2.44. The Morgan fingerprint density at radius 2 is 2.23 bits per heavy atom. The lowest BCUT2D eigenvalue weighted by atomic mass is 9.92. The molecule has 0 saturated carbocycles. The average molecular weight is 298 g/mol. The Morgan fingerprint density at radius 1 is 1.50 bits per heavy atom. The maximum atomic E-state index is 12.5. The lowest BCUT2D eigenvalue weighted by molar-refractivity contribution is -0.384. The molecular weight excluding hydrogens is 280 g/mol. The first-order valence-electron chi connectivity index (χ1n) is 7.00. The number of non-ortho nitro benzene ring substituents is 1. The van der Waals surface area contributed by atoms with Crippen LogP contribution in [0.15, 0.2) is 55.2 Å². The van der Waals surface area contributed by atoms with Gasteiger partial charge in [0.2, 0.25) is 5.91 Å². The molecular formula is C17H18N2O3. The molecule has 1 unspecified atom stereocenters. The van der Waals surface area contributed by atoms with Gasteiger partial charge in [-0.2, -0.15) is 0 Å². The number of benzene rings is 1. The monoisotopic (exact) mass is 298 g/mol. The first-order chi connectivity index (χ1) is 10.5. The normalized spacial score (nSPS) is 17.9. The fraction of sp³-hybridized carbons (Fsp3) is 0.235. The molecule has 114 valence electrons. The van der Waals surface area contributed by atoms with Crippen LogP contribution in [0.4, 0.5) is 11.4 Å². The number of hydrogen-bond acceptors (Lipinski definition) is 3. The van der Waals surface area contributed by atoms with Gasteiger partial charge < -0.3 is 4.90 Å². The number of nitrogens with zero attached hydrogens (tertiary/aromatic N) is 2. The molecule has 2 rings (SSSR count). The highest BCUT2D eigenvalue weighted by atomic mass is 16.6. The number of fused-ring (bicyclic) bond motifs is 1. The molecule has 0 N–H and O–H groups in total. The van der Waals surface area contributed by atoms with Crippen molar-refractivity contribution in [2.45, 2.75) is 13.3 Å². The van der Waals surface area contributed by atoms with Crippen molar-refractivity contribution >= 4 is 17.3 Å². The molecule has 5 nitrogen and oxygen atoms in total. The molecule has 1 aromatic carbocycles. The molecule has 0 aliphatic carbocycles. The summed E-state index contributed by atoms with van der Waals surface area (Å²) in [6.07, 6.45) is 5.64. The second-order valence-electron chi connectivity index (χ2n) is 5.28. The van der Waals surface area contributed by atoms with Crippen LogP contribution >= 0.6 is 0 Å². The van der Waals surface area contributed by atoms with Crippen LogP contribution < -0.4 is 4.90 Å². The smallest absolute Gasteiger partial charge is 0.269 e. The minimum atomic E-state index is -0.418. The first-order valence-corrected chi connectivity index (χ1v) is 7.00. The largest absolute Gasteiger partial charge is 0.307 e. The van der Waals surface area contributed by atoms with Crippen molar-refractivity contribution in [2.75, 3.05) is 11.4 Å². The molecule has 1 atom stereocenters. The number of allylic oxidation sites excluding steroid dienone is 2. The molecule has 1 amide bonds. The zero-order chi connectivity index (χ0) is 16.3. The molecule has 0 spiro atoms. The molecule has 1 aliphatic rings. The highest BCUT2D eigenvalue weighted by Crippen LogP contribution is 2.33. The van der Waals surface area contributed by atoms with E-state index in [1.54, 1.807) is 35.3 Å². The highest BCUT2D eigenvalue weighted by molar-refractivity contribution is 5.98. The van der Waals surface area contributed by atoms with Gasteiger partial charge in [-0.05, 0) is 23.6 Å². The third-order valence-electron chi connectivity index (χ3n) is 3.71. The lowest BCUT2D eigenvalue weighted by Gasteiger charge is -2.33. The predicted octanol–water partition coefficient (Wildman–Crippen LogP) is 3.42. The van der Waals surface area contributed by atoms with E-state index < -0.39 is 4.92 Å². The quantitative estimate of drug-likeness (QED) is 0.475. The Hall–Kier alpha value is -2.69. The zero-order valence-corrected chi connectivity index (χ0v) is 12.5. The van der Waals surface area contributed by atoms with Crippen LogP contribution in [0.3, 0.4) is 0 Å². The van der Waals surface area contributed by atoms with Crippen molar-refractivity contribution in [3.8, 4) is 0 Å². The SMILES string of the molecule is C=C/C=C(\C=C)CN1C(=O)C(C)Cc2cc([N+](=O)[O-])ccc21. The number of nitro benzene ring substituents is 1. The van der Waals surface area contributed by atoms with Crippen molar-refractivity contribution < 1.29 is 9.72 Å². The van der Waals surface area contributed by atoms with Crippen molar-refractivity contribution in [1.82, 2.24) is 0 Å². The number of rotatable bonds is 5. The van der Waals surface area contributed by atoms with Gasteiger partial charge in [0.25, 0.3) is 5.69 Å². The van der Waals surface area contributed by atoms with Gasteiger partial charge in [0.15, 0.2) is 0 Å². The van der Waals surface area contributed by atoms with E-state index in [4.69, 9.17) is 0 Å². The predicted molar refractivity (Wildman–Crippen MR) is 86.8 cm³/mol. The summed E-state index contributed by atoms with van der Waals surface area (Å²) in [6, 6.07) is 4.63. The van der Waals surface area contributed by atoms with Crippen LogP contribution in [0.2, 0.25) is 0 Å². The van der Waals surface area contributed by atoms with Gasteiger partial charge in [-0.3, -0.25) is 14.9 Å². The zero-order valence-electron chi connectivity index (χ0n) is 12.5. The molecule has 5 heteroatoms. The summed E-state index contributed by atoms with van der Waals surface area (Å²) in [4.78, 5) is 24.6. The molecule has 22 heavy (non-hydrogen) atoms. The summed E-state index contributed by atoms with van der Waals surface area (Å²) in [7, 11) is 0. The summed E-state index contributed by atoms with van der Waals surface area (Å²) in [5, 5.41) is 10.9. The third kappa shape index (κ3) is 2.98. The summed E-state index contributed by atoms with van der Waals surface area (Å²) in [5.74, 6) is -0.192. The minimum Gasteiger partial charge on any atom is -0.307 e. The van der Waals surface area contributed by atoms with E-state index in [0.717, 1.165) is 16.8 Å². The lowest BCUT2D eigenvalue weighted by Crippen LogP contribution is -2.41. The van der Waals surface area contributed by atoms with E-state index in [-0.39, 0.29) is 17.5 Å². The summed E-state index contributed by atoms with van der Waals surface area (Å²) in [6.45, 7) is 9.60. The second-order valence-corrected chi connectivity index (χ2v) is 5.28. The van der Waals surface area contributed by atoms with Gasteiger partial charge in [0, 0.05) is 23.7 Å². The van der Waals surface area contributed by atoms with E-state index in [0.29, 0.717) is 13.0 Å². The first kappa shape index (κ1) is 15.7. The minimum absolute atomic E-state index is 0.0122. The Labute approximate surface area is 129 Å². The molecule has 1 aliphatic heterocycles.